The van der Waals surface area contributed by atoms with Crippen LogP contribution in [0.1, 0.15) is 10.5 Å². The third-order valence-corrected chi connectivity index (χ3v) is 4.27. The molecule has 6 nitrogen and oxygen atoms in total. The van der Waals surface area contributed by atoms with Gasteiger partial charge in [0.15, 0.2) is 0 Å². The van der Waals surface area contributed by atoms with Crippen LogP contribution in [0.3, 0.4) is 0 Å². The summed E-state index contributed by atoms with van der Waals surface area (Å²) in [4.78, 5) is 22.7. The number of nitrogens with zero attached hydrogens (tertiary/aromatic N) is 1. The lowest BCUT2D eigenvalue weighted by Crippen LogP contribution is -2.08. The van der Waals surface area contributed by atoms with Crippen molar-refractivity contribution in [2.45, 2.75) is 0 Å². The van der Waals surface area contributed by atoms with Crippen molar-refractivity contribution >= 4 is 39.4 Å². The van der Waals surface area contributed by atoms with Crippen molar-refractivity contribution < 1.29 is 19.8 Å². The number of aromatic nitrogens is 1. The van der Waals surface area contributed by atoms with E-state index in [0.29, 0.717) is 22.3 Å². The molecule has 4 aromatic rings. The molecule has 0 saturated carbocycles. The van der Waals surface area contributed by atoms with Crippen LogP contribution in [-0.2, 0) is 0 Å². The molecule has 0 aliphatic carbocycles. The van der Waals surface area contributed by atoms with Gasteiger partial charge in [-0.05, 0) is 41.1 Å². The van der Waals surface area contributed by atoms with Crippen molar-refractivity contribution in [1.82, 2.24) is 4.57 Å². The van der Waals surface area contributed by atoms with Crippen LogP contribution in [0.4, 0.5) is 10.5 Å². The van der Waals surface area contributed by atoms with Crippen molar-refractivity contribution in [1.29, 1.82) is 0 Å². The first-order valence-corrected chi connectivity index (χ1v) is 7.91. The first kappa shape index (κ1) is 15.7. The Morgan fingerprint density at radius 2 is 1.54 bits per heavy atom. The monoisotopic (exact) mass is 346 g/mol. The zero-order chi connectivity index (χ0) is 18.3. The second kappa shape index (κ2) is 5.93. The molecule has 0 unspecified atom stereocenters. The van der Waals surface area contributed by atoms with Gasteiger partial charge in [0, 0.05) is 16.8 Å². The number of anilines is 1. The number of carboxylic acid groups (broad SMARTS) is 2. The third-order valence-electron chi connectivity index (χ3n) is 4.27. The van der Waals surface area contributed by atoms with E-state index < -0.39 is 12.1 Å². The zero-order valence-electron chi connectivity index (χ0n) is 13.5. The van der Waals surface area contributed by atoms with Crippen LogP contribution < -0.4 is 5.32 Å². The molecule has 0 bridgehead atoms. The average molecular weight is 346 g/mol. The highest BCUT2D eigenvalue weighted by Crippen LogP contribution is 2.29. The Labute approximate surface area is 147 Å². The number of aromatic carboxylic acids is 1. The Kier molecular flexibility index (Phi) is 3.58. The van der Waals surface area contributed by atoms with Crippen molar-refractivity contribution in [3.05, 3.63) is 72.4 Å². The van der Waals surface area contributed by atoms with E-state index in [1.807, 2.05) is 42.5 Å². The molecule has 1 amide bonds. The van der Waals surface area contributed by atoms with Crippen LogP contribution in [0.15, 0.2) is 66.7 Å². The molecule has 26 heavy (non-hydrogen) atoms. The fourth-order valence-electron chi connectivity index (χ4n) is 3.15. The van der Waals surface area contributed by atoms with Crippen molar-refractivity contribution in [3.63, 3.8) is 0 Å². The minimum atomic E-state index is -1.17. The molecule has 6 heteroatoms. The first-order valence-electron chi connectivity index (χ1n) is 7.91. The summed E-state index contributed by atoms with van der Waals surface area (Å²) in [6.07, 6.45) is -1.17. The Morgan fingerprint density at radius 1 is 0.808 bits per heavy atom. The summed E-state index contributed by atoms with van der Waals surface area (Å²) < 4.78 is 1.62. The number of benzene rings is 3. The largest absolute Gasteiger partial charge is 0.477 e. The van der Waals surface area contributed by atoms with Crippen molar-refractivity contribution in [2.75, 3.05) is 5.32 Å². The summed E-state index contributed by atoms with van der Waals surface area (Å²) in [5.74, 6) is -1.05. The predicted molar refractivity (Wildman–Crippen MR) is 99.4 cm³/mol. The van der Waals surface area contributed by atoms with E-state index in [9.17, 15) is 14.7 Å². The molecule has 0 aliphatic rings. The van der Waals surface area contributed by atoms with Gasteiger partial charge in [-0.25, -0.2) is 9.59 Å². The maximum Gasteiger partial charge on any atom is 0.409 e. The molecular formula is C20H14N2O4. The van der Waals surface area contributed by atoms with Gasteiger partial charge < -0.3 is 14.8 Å². The highest BCUT2D eigenvalue weighted by atomic mass is 16.4. The van der Waals surface area contributed by atoms with E-state index >= 15 is 0 Å². The maximum absolute atomic E-state index is 11.8. The van der Waals surface area contributed by atoms with E-state index in [-0.39, 0.29) is 5.69 Å². The fraction of sp³-hybridized carbons (Fsp3) is 0. The number of hydrogen-bond acceptors (Lipinski definition) is 2. The second-order valence-electron chi connectivity index (χ2n) is 5.91. The topological polar surface area (TPSA) is 91.6 Å². The smallest absolute Gasteiger partial charge is 0.409 e. The number of fused-ring (bicyclic) bond motifs is 2. The number of carbonyl (C=O) groups is 2. The maximum atomic E-state index is 11.8. The highest BCUT2D eigenvalue weighted by Gasteiger charge is 2.17. The molecular weight excluding hydrogens is 332 g/mol. The highest BCUT2D eigenvalue weighted by molar-refractivity contribution is 5.98. The second-order valence-corrected chi connectivity index (χ2v) is 5.91. The van der Waals surface area contributed by atoms with Gasteiger partial charge in [-0.1, -0.05) is 36.4 Å². The lowest BCUT2D eigenvalue weighted by atomic mass is 10.1. The van der Waals surface area contributed by atoms with Gasteiger partial charge in [0.1, 0.15) is 5.69 Å². The SMILES string of the molecule is O=C(O)Nc1ccc2cc(C(=O)O)n(-c3ccc4ccccc4c3)c2c1. The summed E-state index contributed by atoms with van der Waals surface area (Å²) in [5, 5.41) is 23.6. The minimum absolute atomic E-state index is 0.114. The van der Waals surface area contributed by atoms with Gasteiger partial charge >= 0.3 is 12.1 Å². The number of amides is 1. The summed E-state index contributed by atoms with van der Waals surface area (Å²) in [7, 11) is 0. The summed E-state index contributed by atoms with van der Waals surface area (Å²) >= 11 is 0. The van der Waals surface area contributed by atoms with Crippen LogP contribution in [0.5, 0.6) is 0 Å². The lowest BCUT2D eigenvalue weighted by molar-refractivity contribution is 0.0688. The molecule has 1 heterocycles. The van der Waals surface area contributed by atoms with E-state index in [1.54, 1.807) is 28.8 Å². The zero-order valence-corrected chi connectivity index (χ0v) is 13.5. The molecule has 0 atom stereocenters. The van der Waals surface area contributed by atoms with Gasteiger partial charge in [0.05, 0.1) is 5.52 Å². The first-order chi connectivity index (χ1) is 12.5. The van der Waals surface area contributed by atoms with Gasteiger partial charge in [0.2, 0.25) is 0 Å². The predicted octanol–water partition coefficient (Wildman–Crippen LogP) is 4.57. The van der Waals surface area contributed by atoms with Crippen LogP contribution in [0, 0.1) is 0 Å². The van der Waals surface area contributed by atoms with Gasteiger partial charge in [0.25, 0.3) is 0 Å². The molecule has 3 N–H and O–H groups in total. The number of hydrogen-bond donors (Lipinski definition) is 3. The van der Waals surface area contributed by atoms with Crippen molar-refractivity contribution in [3.8, 4) is 5.69 Å². The van der Waals surface area contributed by atoms with Crippen LogP contribution >= 0.6 is 0 Å². The third kappa shape index (κ3) is 2.63. The van der Waals surface area contributed by atoms with E-state index in [4.69, 9.17) is 5.11 Å². The quantitative estimate of drug-likeness (QED) is 0.507. The summed E-state index contributed by atoms with van der Waals surface area (Å²) in [6, 6.07) is 20.0. The van der Waals surface area contributed by atoms with Crippen LogP contribution in [0.2, 0.25) is 0 Å². The Morgan fingerprint density at radius 3 is 2.27 bits per heavy atom. The van der Waals surface area contributed by atoms with Gasteiger partial charge in [-0.3, -0.25) is 5.32 Å². The number of nitrogens with one attached hydrogen (secondary N) is 1. The molecule has 1 aromatic heterocycles. The summed E-state index contributed by atoms with van der Waals surface area (Å²) in [5.41, 5.74) is 1.80. The molecule has 128 valence electrons. The molecule has 0 aliphatic heterocycles. The number of rotatable bonds is 3. The average Bonchev–Trinajstić information content (AvgIpc) is 3.00. The van der Waals surface area contributed by atoms with Crippen LogP contribution in [-0.4, -0.2) is 26.8 Å². The summed E-state index contributed by atoms with van der Waals surface area (Å²) in [6.45, 7) is 0. The van der Waals surface area contributed by atoms with E-state index in [1.165, 1.54) is 0 Å². The van der Waals surface area contributed by atoms with Gasteiger partial charge in [-0.2, -0.15) is 0 Å². The van der Waals surface area contributed by atoms with E-state index in [0.717, 1.165) is 10.8 Å². The molecule has 0 saturated heterocycles. The normalized spacial score (nSPS) is 10.9. The lowest BCUT2D eigenvalue weighted by Gasteiger charge is -2.11. The fourth-order valence-corrected chi connectivity index (χ4v) is 3.15. The standard InChI is InChI=1S/C20H14N2O4/c23-19(24)18-10-14-5-7-15(21-20(25)26)11-17(14)22(18)16-8-6-12-3-1-2-4-13(12)9-16/h1-11,21H,(H,23,24)(H,25,26). The van der Waals surface area contributed by atoms with Crippen LogP contribution in [0.25, 0.3) is 27.4 Å². The minimum Gasteiger partial charge on any atom is -0.477 e. The molecule has 4 rings (SSSR count). The molecule has 0 spiro atoms. The van der Waals surface area contributed by atoms with E-state index in [2.05, 4.69) is 5.32 Å². The molecule has 3 aromatic carbocycles. The Balaban J connectivity index is 1.99. The number of carboxylic acids is 1. The van der Waals surface area contributed by atoms with Gasteiger partial charge in [-0.15, -0.1) is 0 Å². The Bertz CT molecular complexity index is 1180. The molecule has 0 fully saturated rings. The Hall–Kier alpha value is -3.80. The van der Waals surface area contributed by atoms with Crippen molar-refractivity contribution in [2.24, 2.45) is 0 Å². The molecule has 0 radical (unpaired) electrons.